The molecular formula is C28H30N2O4S. The maximum atomic E-state index is 13.4. The summed E-state index contributed by atoms with van der Waals surface area (Å²) in [4.78, 5) is 20.6. The van der Waals surface area contributed by atoms with Crippen molar-refractivity contribution in [2.24, 2.45) is 0 Å². The molecule has 2 aromatic carbocycles. The van der Waals surface area contributed by atoms with Crippen LogP contribution >= 0.6 is 11.3 Å². The Morgan fingerprint density at radius 1 is 0.971 bits per heavy atom. The highest BCUT2D eigenvalue weighted by Crippen LogP contribution is 2.52. The number of nitrogens with zero attached hydrogens (tertiary/aromatic N) is 2. The molecule has 2 aromatic heterocycles. The zero-order valence-electron chi connectivity index (χ0n) is 21.1. The topological polar surface area (TPSA) is 64.8 Å². The van der Waals surface area contributed by atoms with Gasteiger partial charge in [0.1, 0.15) is 10.6 Å². The van der Waals surface area contributed by atoms with Crippen molar-refractivity contribution >= 4 is 38.2 Å². The fourth-order valence-electron chi connectivity index (χ4n) is 5.67. The molecule has 0 atom stereocenters. The lowest BCUT2D eigenvalue weighted by atomic mass is 9.69. The summed E-state index contributed by atoms with van der Waals surface area (Å²) in [6.07, 6.45) is 2.14. The van der Waals surface area contributed by atoms with E-state index in [1.54, 1.807) is 14.2 Å². The van der Waals surface area contributed by atoms with Crippen LogP contribution in [0.4, 0.5) is 5.69 Å². The summed E-state index contributed by atoms with van der Waals surface area (Å²) in [6, 6.07) is 7.96. The van der Waals surface area contributed by atoms with Crippen LogP contribution in [0, 0.1) is 0 Å². The maximum Gasteiger partial charge on any atom is 0.346 e. The molecule has 0 spiro atoms. The summed E-state index contributed by atoms with van der Waals surface area (Å²) in [5.74, 6) is 1.25. The van der Waals surface area contributed by atoms with Crippen molar-refractivity contribution in [1.82, 2.24) is 4.98 Å². The number of methoxy groups -OCH3 is 2. The van der Waals surface area contributed by atoms with Crippen molar-refractivity contribution < 1.29 is 13.9 Å². The number of hydrogen-bond acceptors (Lipinski definition) is 7. The number of thiazole rings is 1. The van der Waals surface area contributed by atoms with E-state index in [1.165, 1.54) is 28.2 Å². The highest BCUT2D eigenvalue weighted by Gasteiger charge is 2.42. The van der Waals surface area contributed by atoms with Crippen LogP contribution in [0.25, 0.3) is 31.8 Å². The van der Waals surface area contributed by atoms with Gasteiger partial charge in [-0.25, -0.2) is 9.78 Å². The molecule has 4 aromatic rings. The smallest absolute Gasteiger partial charge is 0.346 e. The Hall–Kier alpha value is -3.06. The molecule has 2 aliphatic heterocycles. The number of fused-ring (bicyclic) bond motifs is 3. The average Bonchev–Trinajstić information content (AvgIpc) is 3.23. The quantitative estimate of drug-likeness (QED) is 0.316. The molecule has 0 fully saturated rings. The van der Waals surface area contributed by atoms with Gasteiger partial charge in [0, 0.05) is 41.9 Å². The lowest BCUT2D eigenvalue weighted by Gasteiger charge is -2.48. The zero-order valence-corrected chi connectivity index (χ0v) is 21.9. The fourth-order valence-corrected chi connectivity index (χ4v) is 6.65. The summed E-state index contributed by atoms with van der Waals surface area (Å²) in [6.45, 7) is 11.3. The van der Waals surface area contributed by atoms with Crippen LogP contribution in [-0.2, 0) is 10.8 Å². The van der Waals surface area contributed by atoms with Gasteiger partial charge >= 0.3 is 5.63 Å². The first-order chi connectivity index (χ1) is 16.6. The molecule has 0 N–H and O–H groups in total. The highest BCUT2D eigenvalue weighted by atomic mass is 32.1. The molecule has 0 radical (unpaired) electrons. The number of ether oxygens (including phenoxy) is 2. The SMILES string of the molecule is COc1cc2nc(-c3cc4cc5c6c(c4oc3=O)C(C)(C)CCN6CCC5(C)C)sc2cc1OC. The van der Waals surface area contributed by atoms with E-state index in [2.05, 4.69) is 38.7 Å². The third kappa shape index (κ3) is 3.28. The van der Waals surface area contributed by atoms with E-state index in [-0.39, 0.29) is 16.5 Å². The van der Waals surface area contributed by atoms with Crippen LogP contribution in [0.5, 0.6) is 11.5 Å². The Bertz CT molecular complexity index is 1520. The lowest BCUT2D eigenvalue weighted by Crippen LogP contribution is -2.44. The van der Waals surface area contributed by atoms with E-state index >= 15 is 0 Å². The van der Waals surface area contributed by atoms with E-state index in [0.29, 0.717) is 27.7 Å². The Morgan fingerprint density at radius 3 is 2.37 bits per heavy atom. The van der Waals surface area contributed by atoms with Crippen molar-refractivity contribution in [1.29, 1.82) is 0 Å². The normalized spacial score (nSPS) is 18.1. The largest absolute Gasteiger partial charge is 0.493 e. The minimum absolute atomic E-state index is 0.0570. The average molecular weight is 491 g/mol. The van der Waals surface area contributed by atoms with E-state index in [0.717, 1.165) is 41.5 Å². The molecule has 6 nitrogen and oxygen atoms in total. The Labute approximate surface area is 208 Å². The molecule has 35 heavy (non-hydrogen) atoms. The predicted molar refractivity (Wildman–Crippen MR) is 142 cm³/mol. The van der Waals surface area contributed by atoms with Gasteiger partial charge in [0.15, 0.2) is 11.5 Å². The summed E-state index contributed by atoms with van der Waals surface area (Å²) >= 11 is 1.46. The molecule has 2 aliphatic rings. The molecule has 0 unspecified atom stereocenters. The standard InChI is InChI=1S/C28H30N2O4S/c1-27(2)7-9-30-10-8-28(3,4)22-23(30)17(27)12-15-11-16(26(31)34-24(15)22)25-29-18-13-19(32-5)20(33-6)14-21(18)35-25/h11-14H,7-10H2,1-6H3. The summed E-state index contributed by atoms with van der Waals surface area (Å²) in [7, 11) is 3.22. The molecule has 0 saturated heterocycles. The fraction of sp³-hybridized carbons (Fsp3) is 0.429. The predicted octanol–water partition coefficient (Wildman–Crippen LogP) is 6.26. The van der Waals surface area contributed by atoms with Crippen molar-refractivity contribution in [2.75, 3.05) is 32.2 Å². The van der Waals surface area contributed by atoms with Gasteiger partial charge in [-0.05, 0) is 41.4 Å². The lowest BCUT2D eigenvalue weighted by molar-refractivity contribution is 0.356. The second-order valence-corrected chi connectivity index (χ2v) is 12.0. The Kier molecular flexibility index (Phi) is 4.78. The van der Waals surface area contributed by atoms with E-state index in [1.807, 2.05) is 18.2 Å². The molecule has 182 valence electrons. The van der Waals surface area contributed by atoms with Crippen molar-refractivity contribution in [3.8, 4) is 22.1 Å². The number of rotatable bonds is 3. The molecular weight excluding hydrogens is 460 g/mol. The molecule has 0 bridgehead atoms. The van der Waals surface area contributed by atoms with Gasteiger partial charge in [-0.3, -0.25) is 0 Å². The highest BCUT2D eigenvalue weighted by molar-refractivity contribution is 7.21. The molecule has 0 amide bonds. The Morgan fingerprint density at radius 2 is 1.66 bits per heavy atom. The summed E-state index contributed by atoms with van der Waals surface area (Å²) in [5, 5.41) is 1.60. The van der Waals surface area contributed by atoms with Crippen LogP contribution in [0.15, 0.2) is 33.5 Å². The van der Waals surface area contributed by atoms with Gasteiger partial charge in [0.25, 0.3) is 0 Å². The number of aromatic nitrogens is 1. The first-order valence-corrected chi connectivity index (χ1v) is 12.9. The Balaban J connectivity index is 1.61. The molecule has 6 rings (SSSR count). The molecule has 0 aliphatic carbocycles. The van der Waals surface area contributed by atoms with Gasteiger partial charge in [-0.15, -0.1) is 11.3 Å². The monoisotopic (exact) mass is 490 g/mol. The van der Waals surface area contributed by atoms with Crippen LogP contribution < -0.4 is 20.0 Å². The van der Waals surface area contributed by atoms with Gasteiger partial charge in [0.2, 0.25) is 0 Å². The van der Waals surface area contributed by atoms with Crippen LogP contribution in [0.3, 0.4) is 0 Å². The minimum atomic E-state index is -0.352. The van der Waals surface area contributed by atoms with Crippen molar-refractivity contribution in [3.05, 3.63) is 45.8 Å². The van der Waals surface area contributed by atoms with Crippen LogP contribution in [0.2, 0.25) is 0 Å². The van der Waals surface area contributed by atoms with E-state index < -0.39 is 0 Å². The molecule has 7 heteroatoms. The van der Waals surface area contributed by atoms with Crippen LogP contribution in [-0.4, -0.2) is 32.3 Å². The maximum absolute atomic E-state index is 13.4. The molecule has 4 heterocycles. The van der Waals surface area contributed by atoms with Gasteiger partial charge in [0.05, 0.1) is 30.0 Å². The van der Waals surface area contributed by atoms with Gasteiger partial charge < -0.3 is 18.8 Å². The number of anilines is 1. The third-order valence-corrected chi connectivity index (χ3v) is 8.91. The number of benzene rings is 2. The van der Waals surface area contributed by atoms with Crippen molar-refractivity contribution in [3.63, 3.8) is 0 Å². The second-order valence-electron chi connectivity index (χ2n) is 11.0. The second kappa shape index (κ2) is 7.47. The van der Waals surface area contributed by atoms with Gasteiger partial charge in [-0.1, -0.05) is 27.7 Å². The van der Waals surface area contributed by atoms with Gasteiger partial charge in [-0.2, -0.15) is 0 Å². The van der Waals surface area contributed by atoms with Crippen molar-refractivity contribution in [2.45, 2.75) is 51.4 Å². The third-order valence-electron chi connectivity index (χ3n) is 7.86. The first-order valence-electron chi connectivity index (χ1n) is 12.1. The zero-order chi connectivity index (χ0) is 24.7. The minimum Gasteiger partial charge on any atom is -0.493 e. The number of hydrogen-bond donors (Lipinski definition) is 0. The van der Waals surface area contributed by atoms with Crippen LogP contribution in [0.1, 0.15) is 51.7 Å². The summed E-state index contributed by atoms with van der Waals surface area (Å²) in [5.41, 5.74) is 5.40. The summed E-state index contributed by atoms with van der Waals surface area (Å²) < 4.78 is 17.9. The van der Waals surface area contributed by atoms with E-state index in [4.69, 9.17) is 18.9 Å². The molecule has 0 saturated carbocycles. The first kappa shape index (κ1) is 22.4. The van der Waals surface area contributed by atoms with E-state index in [9.17, 15) is 4.79 Å².